The predicted octanol–water partition coefficient (Wildman–Crippen LogP) is 34.2. The van der Waals surface area contributed by atoms with Gasteiger partial charge in [0.1, 0.15) is 0 Å². The Hall–Kier alpha value is -18.5. The molecule has 0 saturated carbocycles. The summed E-state index contributed by atoms with van der Waals surface area (Å²) in [5, 5.41) is 24.3. The summed E-state index contributed by atoms with van der Waals surface area (Å²) in [7, 11) is 0. The molecule has 0 saturated heterocycles. The molecule has 6 aromatic heterocycles. The lowest BCUT2D eigenvalue weighted by atomic mass is 9.93. The van der Waals surface area contributed by atoms with Gasteiger partial charge in [0.05, 0.1) is 89.0 Å². The van der Waals surface area contributed by atoms with Crippen LogP contribution in [0, 0.1) is 0 Å². The van der Waals surface area contributed by atoms with E-state index in [-0.39, 0.29) is 0 Å². The highest BCUT2D eigenvalue weighted by Crippen LogP contribution is 2.47. The predicted molar refractivity (Wildman–Crippen MR) is 580 cm³/mol. The van der Waals surface area contributed by atoms with Crippen LogP contribution in [0.1, 0.15) is 0 Å². The van der Waals surface area contributed by atoms with Crippen molar-refractivity contribution in [2.24, 2.45) is 0 Å². The van der Waals surface area contributed by atoms with Crippen LogP contribution in [0.25, 0.3) is 275 Å². The molecule has 0 aliphatic carbocycles. The van der Waals surface area contributed by atoms with Gasteiger partial charge in [-0.2, -0.15) is 0 Å². The van der Waals surface area contributed by atoms with Crippen molar-refractivity contribution in [3.8, 4) is 101 Å². The number of fused-ring (bicyclic) bond motifs is 22. The quantitative estimate of drug-likeness (QED) is 0.129. The van der Waals surface area contributed by atoms with Gasteiger partial charge < -0.3 is 18.3 Å². The highest BCUT2D eigenvalue weighted by molar-refractivity contribution is 6.22. The summed E-state index contributed by atoms with van der Waals surface area (Å²) in [5.74, 6) is 0. The molecule has 640 valence electrons. The van der Waals surface area contributed by atoms with E-state index in [1.807, 2.05) is 36.4 Å². The largest absolute Gasteiger partial charge is 0.309 e. The summed E-state index contributed by atoms with van der Waals surface area (Å²) in [4.78, 5) is 21.4. The Morgan fingerprint density at radius 3 is 0.891 bits per heavy atom. The van der Waals surface area contributed by atoms with Crippen molar-refractivity contribution in [2.75, 3.05) is 0 Å². The maximum Gasteiger partial charge on any atom is 0.0973 e. The van der Waals surface area contributed by atoms with Crippen molar-refractivity contribution >= 4 is 174 Å². The highest BCUT2D eigenvalue weighted by atomic mass is 15.0. The molecule has 23 aromatic carbocycles. The molecule has 8 nitrogen and oxygen atoms in total. The summed E-state index contributed by atoms with van der Waals surface area (Å²) in [5.41, 5.74) is 32.0. The minimum absolute atomic E-state index is 0.852. The Labute approximate surface area is 793 Å². The fraction of sp³-hybridized carbons (Fsp3) is 0. The SMILES string of the molecule is c1ccc(-c2cc(-c3ccccc3)cc(-c3nc4ccccc4nc3-c3ccc4cc(-n5c6ccc(-n7c8ccccc8c8ccc9ccccc9c87)cc6c6cc7ccccc7cc65)ccc4c3)c2)cc1.c1ccc(-c2ccc(-c3nc4ccccc4nc3-c3ccc4ccc(-n5c6ccc(-n7c8ccccc8c8ccc9ccccc9c87)cc6c6cc7ccccc7cc65)cc4c3)cc2)cc1. The molecular weight excluding hydrogens is 1670 g/mol. The summed E-state index contributed by atoms with van der Waals surface area (Å²) < 4.78 is 9.84. The van der Waals surface area contributed by atoms with Gasteiger partial charge in [0, 0.05) is 98.9 Å². The first-order chi connectivity index (χ1) is 68.4. The third-order valence-electron chi connectivity index (χ3n) is 28.4. The van der Waals surface area contributed by atoms with Crippen LogP contribution in [0.15, 0.2) is 485 Å². The summed E-state index contributed by atoms with van der Waals surface area (Å²) >= 11 is 0. The minimum Gasteiger partial charge on any atom is -0.309 e. The fourth-order valence-electron chi connectivity index (χ4n) is 21.9. The molecule has 0 spiro atoms. The van der Waals surface area contributed by atoms with Gasteiger partial charge in [-0.3, -0.25) is 0 Å². The summed E-state index contributed by atoms with van der Waals surface area (Å²) in [6.45, 7) is 0. The molecule has 0 aliphatic rings. The maximum atomic E-state index is 5.40. The van der Waals surface area contributed by atoms with Crippen LogP contribution >= 0.6 is 0 Å². The summed E-state index contributed by atoms with van der Waals surface area (Å²) in [6, 6.07) is 176. The lowest BCUT2D eigenvalue weighted by molar-refractivity contribution is 1.17. The molecule has 138 heavy (non-hydrogen) atoms. The number of para-hydroxylation sites is 6. The average Bonchev–Trinajstić information content (AvgIpc) is 1.56. The number of hydrogen-bond acceptors (Lipinski definition) is 4. The Bertz CT molecular complexity index is 10000. The first kappa shape index (κ1) is 78.2. The zero-order valence-electron chi connectivity index (χ0n) is 74.8. The van der Waals surface area contributed by atoms with Crippen molar-refractivity contribution in [1.82, 2.24) is 38.2 Å². The third kappa shape index (κ3) is 12.9. The third-order valence-corrected chi connectivity index (χ3v) is 28.4. The van der Waals surface area contributed by atoms with Crippen LogP contribution in [0.2, 0.25) is 0 Å². The second kappa shape index (κ2) is 31.6. The van der Waals surface area contributed by atoms with E-state index in [9.17, 15) is 0 Å². The molecule has 0 atom stereocenters. The molecule has 29 rings (SSSR count). The van der Waals surface area contributed by atoms with Crippen LogP contribution in [-0.2, 0) is 0 Å². The maximum absolute atomic E-state index is 5.40. The van der Waals surface area contributed by atoms with E-state index in [1.54, 1.807) is 0 Å². The van der Waals surface area contributed by atoms with Gasteiger partial charge in [0.15, 0.2) is 0 Å². The lowest BCUT2D eigenvalue weighted by Crippen LogP contribution is -1.97. The zero-order valence-corrected chi connectivity index (χ0v) is 74.8. The number of benzene rings is 23. The number of rotatable bonds is 11. The van der Waals surface area contributed by atoms with Crippen LogP contribution in [0.3, 0.4) is 0 Å². The van der Waals surface area contributed by atoms with Crippen molar-refractivity contribution in [1.29, 1.82) is 0 Å². The molecule has 0 N–H and O–H groups in total. The highest BCUT2D eigenvalue weighted by Gasteiger charge is 2.26. The standard InChI is InChI=1S/C68H42N4.C62H38N4/c1-3-15-43(16-4-1)51-36-52(44-17-5-2-6-18-44)38-53(37-51)67-66(69-61-24-12-13-25-62(61)70-67)50-28-27-49-39-54(31-29-48(49)35-50)71-64-34-32-55(42-60(64)59-40-46-20-7-8-21-47(46)41-65(59)71)72-63-26-14-11-23-57(63)58-33-30-45-19-9-10-22-56(45)68(58)72;1-2-12-39(13-3-1)40-22-25-43(26-23-40)60-61(64-56-20-10-9-19-55(56)63-60)46-27-24-41-28-30-48(35-47(41)34-46)65-58-33-31-49(38-54(58)53-36-44-15-4-5-16-45(44)37-59(53)65)66-57-21-11-8-18-51(57)52-32-29-42-14-6-7-17-50(42)62(52)66/h1-42H;1-38H. The van der Waals surface area contributed by atoms with E-state index in [0.29, 0.717) is 0 Å². The van der Waals surface area contributed by atoms with Gasteiger partial charge in [0.2, 0.25) is 0 Å². The smallest absolute Gasteiger partial charge is 0.0973 e. The van der Waals surface area contributed by atoms with E-state index in [1.165, 1.54) is 130 Å². The first-order valence-corrected chi connectivity index (χ1v) is 47.2. The Morgan fingerprint density at radius 1 is 0.123 bits per heavy atom. The van der Waals surface area contributed by atoms with E-state index >= 15 is 0 Å². The average molecular weight is 1750 g/mol. The number of hydrogen-bond donors (Lipinski definition) is 0. The topological polar surface area (TPSA) is 71.3 Å². The molecule has 0 radical (unpaired) electrons. The first-order valence-electron chi connectivity index (χ1n) is 47.2. The molecule has 0 amide bonds. The van der Waals surface area contributed by atoms with Gasteiger partial charge >= 0.3 is 0 Å². The molecule has 8 heteroatoms. The molecular formula is C130H80N8. The Morgan fingerprint density at radius 2 is 0.413 bits per heavy atom. The van der Waals surface area contributed by atoms with E-state index < -0.39 is 0 Å². The molecule has 6 heterocycles. The van der Waals surface area contributed by atoms with Gasteiger partial charge in [-0.25, -0.2) is 19.9 Å². The van der Waals surface area contributed by atoms with E-state index in [4.69, 9.17) is 19.9 Å². The van der Waals surface area contributed by atoms with E-state index in [2.05, 4.69) is 467 Å². The molecule has 0 aliphatic heterocycles. The van der Waals surface area contributed by atoms with Gasteiger partial charge in [-0.05, 0) is 239 Å². The Kier molecular flexibility index (Phi) is 17.9. The van der Waals surface area contributed by atoms with Crippen molar-refractivity contribution in [3.63, 3.8) is 0 Å². The van der Waals surface area contributed by atoms with Gasteiger partial charge in [0.25, 0.3) is 0 Å². The zero-order chi connectivity index (χ0) is 90.6. The number of aromatic nitrogens is 8. The molecule has 29 aromatic rings. The van der Waals surface area contributed by atoms with Crippen LogP contribution in [0.4, 0.5) is 0 Å². The Balaban J connectivity index is 0.000000137. The van der Waals surface area contributed by atoms with Crippen LogP contribution in [-0.4, -0.2) is 38.2 Å². The molecule has 0 fully saturated rings. The van der Waals surface area contributed by atoms with Crippen LogP contribution < -0.4 is 0 Å². The monoisotopic (exact) mass is 1750 g/mol. The van der Waals surface area contributed by atoms with Crippen LogP contribution in [0.5, 0.6) is 0 Å². The lowest BCUT2D eigenvalue weighted by Gasteiger charge is -2.15. The second-order valence-corrected chi connectivity index (χ2v) is 36.4. The minimum atomic E-state index is 0.852. The summed E-state index contributed by atoms with van der Waals surface area (Å²) in [6.07, 6.45) is 0. The molecule has 0 bridgehead atoms. The normalized spacial score (nSPS) is 11.9. The van der Waals surface area contributed by atoms with E-state index in [0.717, 1.165) is 145 Å². The van der Waals surface area contributed by atoms with Crippen molar-refractivity contribution < 1.29 is 0 Å². The van der Waals surface area contributed by atoms with Crippen molar-refractivity contribution in [3.05, 3.63) is 485 Å². The van der Waals surface area contributed by atoms with Gasteiger partial charge in [-0.15, -0.1) is 0 Å². The van der Waals surface area contributed by atoms with Crippen molar-refractivity contribution in [2.45, 2.75) is 0 Å². The fourth-order valence-corrected chi connectivity index (χ4v) is 21.9. The molecule has 0 unspecified atom stereocenters. The number of nitrogens with zero attached hydrogens (tertiary/aromatic N) is 8. The van der Waals surface area contributed by atoms with Gasteiger partial charge in [-0.1, -0.05) is 334 Å². The second-order valence-electron chi connectivity index (χ2n) is 36.4.